The van der Waals surface area contributed by atoms with Crippen LogP contribution >= 0.6 is 23.9 Å². The van der Waals surface area contributed by atoms with Crippen molar-refractivity contribution in [2.45, 2.75) is 97.0 Å². The van der Waals surface area contributed by atoms with Crippen LogP contribution in [0.15, 0.2) is 52.2 Å². The number of benzene rings is 1. The molecule has 0 bridgehead atoms. The van der Waals surface area contributed by atoms with Crippen molar-refractivity contribution < 1.29 is 60.2 Å². The minimum Gasteiger partial charge on any atom is -0.427 e. The number of H-pyrrole nitrogens is 1. The van der Waals surface area contributed by atoms with Gasteiger partial charge in [0.15, 0.2) is 6.23 Å². The van der Waals surface area contributed by atoms with Gasteiger partial charge in [0.25, 0.3) is 5.56 Å². The quantitative estimate of drug-likeness (QED) is 0.0269. The van der Waals surface area contributed by atoms with Gasteiger partial charge in [-0.3, -0.25) is 28.6 Å². The van der Waals surface area contributed by atoms with Crippen molar-refractivity contribution in [1.29, 1.82) is 0 Å². The zero-order valence-corrected chi connectivity index (χ0v) is 30.6. The number of rotatable bonds is 24. The number of unbranched alkanes of at least 4 members (excludes halogenated alkanes) is 8. The van der Waals surface area contributed by atoms with Crippen LogP contribution in [0, 0.1) is 6.92 Å². The molecule has 5 atom stereocenters. The Bertz CT molecular complexity index is 1640. The predicted molar refractivity (Wildman–Crippen MR) is 179 cm³/mol. The highest BCUT2D eigenvalue weighted by Gasteiger charge is 2.44. The number of carbonyl (C=O) groups is 1. The highest BCUT2D eigenvalue weighted by Crippen LogP contribution is 2.64. The van der Waals surface area contributed by atoms with Crippen LogP contribution in [0.1, 0.15) is 88.5 Å². The van der Waals surface area contributed by atoms with Crippen LogP contribution < -0.4 is 16.0 Å². The van der Waals surface area contributed by atoms with Gasteiger partial charge in [0.1, 0.15) is 11.9 Å². The third kappa shape index (κ3) is 15.7. The molecule has 0 saturated carbocycles. The van der Waals surface area contributed by atoms with Gasteiger partial charge in [0.05, 0.1) is 13.2 Å². The first-order chi connectivity index (χ1) is 23.8. The van der Waals surface area contributed by atoms with Crippen LogP contribution in [0.25, 0.3) is 0 Å². The minimum absolute atomic E-state index is 0.0300. The number of nitrogens with one attached hydrogen (secondary N) is 1. The molecule has 1 aromatic heterocycles. The van der Waals surface area contributed by atoms with Gasteiger partial charge in [-0.25, -0.2) is 13.9 Å². The van der Waals surface area contributed by atoms with Crippen molar-refractivity contribution in [3.05, 3.63) is 74.6 Å². The zero-order valence-electron chi connectivity index (χ0n) is 27.9. The first-order valence-electron chi connectivity index (χ1n) is 16.1. The summed E-state index contributed by atoms with van der Waals surface area (Å²) in [6, 6.07) is 6.47. The second-order valence-corrected chi connectivity index (χ2v) is 15.5. The second kappa shape index (κ2) is 21.0. The van der Waals surface area contributed by atoms with E-state index >= 15 is 0 Å². The summed E-state index contributed by atoms with van der Waals surface area (Å²) < 4.78 is 71.2. The van der Waals surface area contributed by atoms with Gasteiger partial charge in [-0.05, 0) is 41.4 Å². The number of esters is 1. The lowest BCUT2D eigenvalue weighted by atomic mass is 10.1. The lowest BCUT2D eigenvalue weighted by molar-refractivity contribution is -0.134. The molecule has 3 unspecified atom stereocenters. The molecule has 0 aliphatic carbocycles. The summed E-state index contributed by atoms with van der Waals surface area (Å²) in [5.74, 6) is 0.0651. The molecule has 0 saturated heterocycles. The maximum absolute atomic E-state index is 12.2. The van der Waals surface area contributed by atoms with E-state index in [9.17, 15) is 37.9 Å². The average molecular weight is 766 g/mol. The third-order valence-corrected chi connectivity index (χ3v) is 11.0. The lowest BCUT2D eigenvalue weighted by Gasteiger charge is -2.18. The van der Waals surface area contributed by atoms with Crippen molar-refractivity contribution >= 4 is 29.9 Å². The van der Waals surface area contributed by atoms with Crippen molar-refractivity contribution in [3.63, 3.8) is 0 Å². The number of hydrogen-bond donors (Lipinski definition) is 3. The summed E-state index contributed by atoms with van der Waals surface area (Å²) in [5.41, 5.74) is -0.428. The van der Waals surface area contributed by atoms with Gasteiger partial charge in [-0.15, -0.1) is 0 Å². The molecule has 0 fully saturated rings. The van der Waals surface area contributed by atoms with Crippen LogP contribution in [0.3, 0.4) is 0 Å². The molecule has 17 nitrogen and oxygen atoms in total. The first kappa shape index (κ1) is 41.8. The predicted octanol–water partition coefficient (Wildman–Crippen LogP) is 6.22. The fourth-order valence-electron chi connectivity index (χ4n) is 4.62. The van der Waals surface area contributed by atoms with E-state index in [0.29, 0.717) is 17.7 Å². The monoisotopic (exact) mass is 765 g/mol. The molecule has 50 heavy (non-hydrogen) atoms. The molecular formula is C30H44N2O15P3+. The lowest BCUT2D eigenvalue weighted by Crippen LogP contribution is -2.33. The third-order valence-electron chi connectivity index (χ3n) is 7.15. The van der Waals surface area contributed by atoms with E-state index in [1.807, 2.05) is 0 Å². The smallest absolute Gasteiger partial charge is 0.427 e. The summed E-state index contributed by atoms with van der Waals surface area (Å²) in [7, 11) is -14.0. The van der Waals surface area contributed by atoms with Gasteiger partial charge >= 0.3 is 35.6 Å². The van der Waals surface area contributed by atoms with Crippen molar-refractivity contribution in [1.82, 2.24) is 9.55 Å². The first-order valence-corrected chi connectivity index (χ1v) is 20.2. The van der Waals surface area contributed by atoms with Crippen molar-refractivity contribution in [2.24, 2.45) is 0 Å². The standard InChI is InChI=1S/C30H43N2O15P3/c1-3-4-5-6-7-8-9-10-11-12-28(33)45-25-15-13-24(14-16-25)20-41-22-42-48(36)46-50(39,40)47-49(37,38)43-21-26-17-18-27(44-26)32-19-23(2)29(34)31-30(32)35/h13-19,26-27H,3-12,20-22H2,1-2H3,(H2-,31,34,35,37,38,39,40)/p+1/t26-,27+/m0/s1. The topological polar surface area (TPSA) is 228 Å². The number of phosphoric ester groups is 1. The number of phosphoric acid groups is 2. The van der Waals surface area contributed by atoms with E-state index in [1.54, 1.807) is 24.3 Å². The van der Waals surface area contributed by atoms with Crippen LogP contribution in [0.2, 0.25) is 0 Å². The number of nitrogens with zero attached hydrogens (tertiary/aromatic N) is 1. The van der Waals surface area contributed by atoms with Gasteiger partial charge in [-0.2, -0.15) is 4.31 Å². The molecule has 3 N–H and O–H groups in total. The molecule has 278 valence electrons. The molecule has 1 aromatic carbocycles. The van der Waals surface area contributed by atoms with E-state index in [4.69, 9.17) is 14.2 Å². The summed E-state index contributed by atoms with van der Waals surface area (Å²) in [4.78, 5) is 57.4. The number of hydrogen-bond acceptors (Lipinski definition) is 13. The molecule has 0 radical (unpaired) electrons. The van der Waals surface area contributed by atoms with Gasteiger partial charge in [0.2, 0.25) is 6.79 Å². The van der Waals surface area contributed by atoms with Crippen LogP contribution in [0.4, 0.5) is 0 Å². The summed E-state index contributed by atoms with van der Waals surface area (Å²) >= 11 is 0. The van der Waals surface area contributed by atoms with Crippen molar-refractivity contribution in [2.75, 3.05) is 13.4 Å². The number of aromatic amines is 1. The number of aryl methyl sites for hydroxylation is 1. The highest BCUT2D eigenvalue weighted by atomic mass is 31.3. The highest BCUT2D eigenvalue weighted by molar-refractivity contribution is 7.64. The van der Waals surface area contributed by atoms with Crippen LogP contribution in [-0.2, 0) is 52.2 Å². The molecule has 0 amide bonds. The Labute approximate surface area is 290 Å². The van der Waals surface area contributed by atoms with Crippen molar-refractivity contribution in [3.8, 4) is 5.75 Å². The molecule has 0 spiro atoms. The fraction of sp³-hybridized carbons (Fsp3) is 0.567. The largest absolute Gasteiger partial charge is 0.710 e. The number of carbonyl (C=O) groups excluding carboxylic acids is 1. The zero-order chi connectivity index (χ0) is 36.6. The fourth-order valence-corrected chi connectivity index (χ4v) is 7.60. The van der Waals surface area contributed by atoms with Crippen LogP contribution in [0.5, 0.6) is 5.75 Å². The summed E-state index contributed by atoms with van der Waals surface area (Å²) in [6.07, 6.45) is 12.8. The van der Waals surface area contributed by atoms with E-state index in [2.05, 4.69) is 29.6 Å². The van der Waals surface area contributed by atoms with Gasteiger partial charge in [0, 0.05) is 22.7 Å². The molecule has 1 aliphatic heterocycles. The van der Waals surface area contributed by atoms with Gasteiger partial charge in [-0.1, -0.05) is 81.0 Å². The molecule has 20 heteroatoms. The van der Waals surface area contributed by atoms with E-state index in [-0.39, 0.29) is 18.1 Å². The maximum Gasteiger partial charge on any atom is 0.710 e. The Morgan fingerprint density at radius 1 is 0.980 bits per heavy atom. The number of aromatic nitrogens is 2. The normalized spacial score (nSPS) is 18.4. The molecule has 2 aromatic rings. The van der Waals surface area contributed by atoms with Crippen LogP contribution in [-0.4, -0.2) is 44.8 Å². The Morgan fingerprint density at radius 3 is 2.32 bits per heavy atom. The summed E-state index contributed by atoms with van der Waals surface area (Å²) in [5, 5.41) is 0. The molecular weight excluding hydrogens is 721 g/mol. The minimum atomic E-state index is -5.43. The Kier molecular flexibility index (Phi) is 17.6. The second-order valence-electron chi connectivity index (χ2n) is 11.3. The summed E-state index contributed by atoms with van der Waals surface area (Å²) in [6.45, 7) is 2.34. The molecule has 1 aliphatic rings. The Balaban J connectivity index is 1.28. The molecule has 2 heterocycles. The Hall–Kier alpha value is -2.65. The van der Waals surface area contributed by atoms with E-state index < -0.39 is 60.9 Å². The number of ether oxygens (including phenoxy) is 3. The average Bonchev–Trinajstić information content (AvgIpc) is 3.52. The maximum atomic E-state index is 12.2. The Morgan fingerprint density at radius 2 is 1.64 bits per heavy atom. The molecule has 3 rings (SSSR count). The van der Waals surface area contributed by atoms with E-state index in [1.165, 1.54) is 63.8 Å². The van der Waals surface area contributed by atoms with Gasteiger partial charge < -0.3 is 19.1 Å². The van der Waals surface area contributed by atoms with E-state index in [0.717, 1.165) is 23.8 Å². The SMILES string of the molecule is CCCCCCCCCCCC(=O)Oc1ccc(COCO[P+](=O)OP(=O)(O)OP(=O)(O)OC[C@@H]2C=C[C@H](n3cc(C)c(=O)[nH]c3=O)O2)cc1.